The van der Waals surface area contributed by atoms with Crippen molar-refractivity contribution in [2.75, 3.05) is 0 Å². The van der Waals surface area contributed by atoms with Gasteiger partial charge in [0.15, 0.2) is 5.69 Å². The van der Waals surface area contributed by atoms with Crippen molar-refractivity contribution in [1.29, 1.82) is 0 Å². The molecule has 1 unspecified atom stereocenters. The number of carbonyl (C=O) groups excluding carboxylic acids is 1. The fourth-order valence-corrected chi connectivity index (χ4v) is 3.57. The number of fused-ring (bicyclic) bond motifs is 1. The van der Waals surface area contributed by atoms with Gasteiger partial charge in [-0.1, -0.05) is 23.2 Å². The van der Waals surface area contributed by atoms with Gasteiger partial charge in [0.05, 0.1) is 17.1 Å². The molecule has 1 atom stereocenters. The summed E-state index contributed by atoms with van der Waals surface area (Å²) in [6.45, 7) is 1.65. The van der Waals surface area contributed by atoms with Crippen LogP contribution in [0, 0.1) is 0 Å². The number of carboxylic acid groups (broad SMARTS) is 1. The molecule has 132 valence electrons. The first-order valence-corrected chi connectivity index (χ1v) is 8.71. The fraction of sp³-hybridized carbons (Fsp3) is 0.353. The lowest BCUT2D eigenvalue weighted by molar-refractivity contribution is -0.137. The highest BCUT2D eigenvalue weighted by atomic mass is 35.5. The van der Waals surface area contributed by atoms with Gasteiger partial charge in [0.25, 0.3) is 5.91 Å². The number of amides is 1. The molecule has 0 aliphatic heterocycles. The predicted octanol–water partition coefficient (Wildman–Crippen LogP) is 3.26. The number of aromatic nitrogens is 2. The van der Waals surface area contributed by atoms with Crippen molar-refractivity contribution in [3.8, 4) is 5.69 Å². The van der Waals surface area contributed by atoms with E-state index in [4.69, 9.17) is 28.3 Å². The number of benzene rings is 1. The van der Waals surface area contributed by atoms with Crippen molar-refractivity contribution >= 4 is 35.1 Å². The third-order valence-corrected chi connectivity index (χ3v) is 4.68. The highest BCUT2D eigenvalue weighted by molar-refractivity contribution is 6.35. The summed E-state index contributed by atoms with van der Waals surface area (Å²) in [5, 5.41) is 17.0. The first kappa shape index (κ1) is 17.8. The molecule has 8 heteroatoms. The summed E-state index contributed by atoms with van der Waals surface area (Å²) in [6.07, 6.45) is 2.36. The van der Waals surface area contributed by atoms with Crippen molar-refractivity contribution in [3.05, 3.63) is 45.2 Å². The van der Waals surface area contributed by atoms with Crippen LogP contribution < -0.4 is 5.32 Å². The van der Waals surface area contributed by atoms with Crippen molar-refractivity contribution in [1.82, 2.24) is 15.1 Å². The zero-order valence-corrected chi connectivity index (χ0v) is 15.1. The molecule has 2 aromatic rings. The van der Waals surface area contributed by atoms with E-state index in [9.17, 15) is 9.59 Å². The standard InChI is InChI=1S/C17H17Cl2N3O3/c1-9(7-15(23)24)20-17(25)16-11-3-2-4-13(11)22(21-16)14-6-5-10(18)8-12(14)19/h5-6,8-9H,2-4,7H2,1H3,(H,20,25)(H,23,24). The van der Waals surface area contributed by atoms with E-state index in [-0.39, 0.29) is 12.3 Å². The monoisotopic (exact) mass is 381 g/mol. The second-order valence-electron chi connectivity index (χ2n) is 6.11. The average Bonchev–Trinajstić information content (AvgIpc) is 3.08. The van der Waals surface area contributed by atoms with Gasteiger partial charge < -0.3 is 10.4 Å². The molecule has 1 aliphatic rings. The van der Waals surface area contributed by atoms with Crippen LogP contribution in [0.15, 0.2) is 18.2 Å². The maximum absolute atomic E-state index is 12.5. The zero-order chi connectivity index (χ0) is 18.1. The molecule has 0 saturated carbocycles. The summed E-state index contributed by atoms with van der Waals surface area (Å²) in [6, 6.07) is 4.65. The lowest BCUT2D eigenvalue weighted by atomic mass is 10.1. The van der Waals surface area contributed by atoms with Crippen molar-refractivity contribution in [2.45, 2.75) is 38.6 Å². The Labute approximate surface area is 154 Å². The smallest absolute Gasteiger partial charge is 0.305 e. The molecule has 1 heterocycles. The molecule has 0 spiro atoms. The zero-order valence-electron chi connectivity index (χ0n) is 13.6. The van der Waals surface area contributed by atoms with Crippen LogP contribution in [0.5, 0.6) is 0 Å². The van der Waals surface area contributed by atoms with Gasteiger partial charge >= 0.3 is 5.97 Å². The van der Waals surface area contributed by atoms with Crippen LogP contribution in [0.3, 0.4) is 0 Å². The Hall–Kier alpha value is -2.05. The second kappa shape index (κ2) is 7.06. The largest absolute Gasteiger partial charge is 0.481 e. The van der Waals surface area contributed by atoms with Gasteiger partial charge in [0, 0.05) is 22.3 Å². The third-order valence-electron chi connectivity index (χ3n) is 4.14. The van der Waals surface area contributed by atoms with Crippen molar-refractivity contribution < 1.29 is 14.7 Å². The van der Waals surface area contributed by atoms with Gasteiger partial charge in [-0.15, -0.1) is 0 Å². The average molecular weight is 382 g/mol. The van der Waals surface area contributed by atoms with Gasteiger partial charge in [-0.3, -0.25) is 9.59 Å². The van der Waals surface area contributed by atoms with Gasteiger partial charge in [0.2, 0.25) is 0 Å². The maximum atomic E-state index is 12.5. The summed E-state index contributed by atoms with van der Waals surface area (Å²) in [5.41, 5.74) is 2.85. The predicted molar refractivity (Wildman–Crippen MR) is 94.8 cm³/mol. The number of nitrogens with one attached hydrogen (secondary N) is 1. The molecule has 0 bridgehead atoms. The number of nitrogens with zero attached hydrogens (tertiary/aromatic N) is 2. The van der Waals surface area contributed by atoms with E-state index in [1.807, 2.05) is 0 Å². The minimum absolute atomic E-state index is 0.141. The van der Waals surface area contributed by atoms with E-state index in [0.717, 1.165) is 30.5 Å². The Morgan fingerprint density at radius 1 is 1.36 bits per heavy atom. The highest BCUT2D eigenvalue weighted by Gasteiger charge is 2.28. The van der Waals surface area contributed by atoms with E-state index < -0.39 is 12.0 Å². The van der Waals surface area contributed by atoms with Gasteiger partial charge in [-0.2, -0.15) is 5.10 Å². The number of aliphatic carboxylic acids is 1. The summed E-state index contributed by atoms with van der Waals surface area (Å²) in [4.78, 5) is 23.3. The molecular weight excluding hydrogens is 365 g/mol. The molecule has 1 amide bonds. The summed E-state index contributed by atoms with van der Waals surface area (Å²) in [5.74, 6) is -1.33. The van der Waals surface area contributed by atoms with Crippen LogP contribution >= 0.6 is 23.2 Å². The first-order valence-electron chi connectivity index (χ1n) is 7.95. The first-order chi connectivity index (χ1) is 11.9. The minimum Gasteiger partial charge on any atom is -0.481 e. The molecular formula is C17H17Cl2N3O3. The Morgan fingerprint density at radius 2 is 2.12 bits per heavy atom. The Balaban J connectivity index is 1.95. The van der Waals surface area contributed by atoms with Gasteiger partial charge in [0.1, 0.15) is 0 Å². The van der Waals surface area contributed by atoms with Crippen LogP contribution in [-0.2, 0) is 17.6 Å². The molecule has 1 aromatic carbocycles. The fourth-order valence-electron chi connectivity index (χ4n) is 3.08. The number of halogens is 2. The van der Waals surface area contributed by atoms with Crippen molar-refractivity contribution in [2.24, 2.45) is 0 Å². The highest BCUT2D eigenvalue weighted by Crippen LogP contribution is 2.31. The molecule has 0 radical (unpaired) electrons. The number of hydrogen-bond acceptors (Lipinski definition) is 3. The summed E-state index contributed by atoms with van der Waals surface area (Å²) >= 11 is 12.2. The van der Waals surface area contributed by atoms with Crippen LogP contribution in [0.1, 0.15) is 41.5 Å². The van der Waals surface area contributed by atoms with E-state index in [0.29, 0.717) is 21.4 Å². The topological polar surface area (TPSA) is 84.2 Å². The SMILES string of the molecule is CC(CC(=O)O)NC(=O)c1nn(-c2ccc(Cl)cc2Cl)c2c1CCC2. The van der Waals surface area contributed by atoms with Gasteiger partial charge in [-0.05, 0) is 44.4 Å². The van der Waals surface area contributed by atoms with Crippen LogP contribution in [0.25, 0.3) is 5.69 Å². The number of rotatable bonds is 5. The number of hydrogen-bond donors (Lipinski definition) is 2. The third kappa shape index (κ3) is 3.65. The lowest BCUT2D eigenvalue weighted by Crippen LogP contribution is -2.35. The van der Waals surface area contributed by atoms with Crippen LogP contribution in [0.2, 0.25) is 10.0 Å². The molecule has 2 N–H and O–H groups in total. The summed E-state index contributed by atoms with van der Waals surface area (Å²) in [7, 11) is 0. The molecule has 0 fully saturated rings. The van der Waals surface area contributed by atoms with E-state index in [1.165, 1.54) is 0 Å². The Kier molecular flexibility index (Phi) is 5.01. The van der Waals surface area contributed by atoms with Crippen LogP contribution in [0.4, 0.5) is 0 Å². The van der Waals surface area contributed by atoms with Crippen LogP contribution in [-0.4, -0.2) is 32.8 Å². The lowest BCUT2D eigenvalue weighted by Gasteiger charge is -2.11. The van der Waals surface area contributed by atoms with Gasteiger partial charge in [-0.25, -0.2) is 4.68 Å². The Morgan fingerprint density at radius 3 is 2.80 bits per heavy atom. The molecule has 25 heavy (non-hydrogen) atoms. The number of carboxylic acids is 1. The second-order valence-corrected chi connectivity index (χ2v) is 6.95. The van der Waals surface area contributed by atoms with E-state index >= 15 is 0 Å². The normalized spacial score (nSPS) is 14.2. The quantitative estimate of drug-likeness (QED) is 0.832. The molecule has 6 nitrogen and oxygen atoms in total. The molecule has 3 rings (SSSR count). The number of carbonyl (C=O) groups is 2. The molecule has 1 aromatic heterocycles. The Bertz CT molecular complexity index is 848. The van der Waals surface area contributed by atoms with Crippen molar-refractivity contribution in [3.63, 3.8) is 0 Å². The maximum Gasteiger partial charge on any atom is 0.305 e. The molecule has 1 aliphatic carbocycles. The minimum atomic E-state index is -0.962. The summed E-state index contributed by atoms with van der Waals surface area (Å²) < 4.78 is 1.69. The van der Waals surface area contributed by atoms with E-state index in [1.54, 1.807) is 29.8 Å². The molecule has 0 saturated heterocycles. The van der Waals surface area contributed by atoms with E-state index in [2.05, 4.69) is 10.4 Å².